The fraction of sp³-hybridized carbons (Fsp3) is 0.462. The third-order valence-electron chi connectivity index (χ3n) is 6.08. The van der Waals surface area contributed by atoms with E-state index in [1.165, 1.54) is 11.1 Å². The smallest absolute Gasteiger partial charge is 0.251 e. The normalized spacial score (nSPS) is 19.0. The van der Waals surface area contributed by atoms with Crippen LogP contribution in [0.2, 0.25) is 0 Å². The molecule has 0 bridgehead atoms. The van der Waals surface area contributed by atoms with E-state index in [0.717, 1.165) is 25.7 Å². The summed E-state index contributed by atoms with van der Waals surface area (Å²) >= 11 is 0. The molecule has 0 heterocycles. The van der Waals surface area contributed by atoms with Crippen molar-refractivity contribution in [2.75, 3.05) is 0 Å². The van der Waals surface area contributed by atoms with Crippen molar-refractivity contribution in [3.05, 3.63) is 70.8 Å². The highest BCUT2D eigenvalue weighted by molar-refractivity contribution is 5.95. The van der Waals surface area contributed by atoms with Gasteiger partial charge in [-0.25, -0.2) is 0 Å². The molecule has 3 rings (SSSR count). The van der Waals surface area contributed by atoms with E-state index in [9.17, 15) is 9.59 Å². The van der Waals surface area contributed by atoms with Gasteiger partial charge in [-0.15, -0.1) is 0 Å². The zero-order valence-corrected chi connectivity index (χ0v) is 18.6. The summed E-state index contributed by atoms with van der Waals surface area (Å²) in [5, 5.41) is 6.31. The second-order valence-corrected chi connectivity index (χ2v) is 9.05. The van der Waals surface area contributed by atoms with Gasteiger partial charge in [0.2, 0.25) is 0 Å². The highest BCUT2D eigenvalue weighted by atomic mass is 16.2. The minimum atomic E-state index is -0.0111. The van der Waals surface area contributed by atoms with Crippen molar-refractivity contribution in [1.82, 2.24) is 10.6 Å². The summed E-state index contributed by atoms with van der Waals surface area (Å²) in [4.78, 5) is 25.1. The Kier molecular flexibility index (Phi) is 7.30. The maximum Gasteiger partial charge on any atom is 0.251 e. The first kappa shape index (κ1) is 22.1. The van der Waals surface area contributed by atoms with Crippen LogP contribution in [-0.4, -0.2) is 23.9 Å². The molecule has 0 spiro atoms. The molecule has 4 heteroatoms. The summed E-state index contributed by atoms with van der Waals surface area (Å²) in [6, 6.07) is 16.1. The van der Waals surface area contributed by atoms with Gasteiger partial charge in [0.15, 0.2) is 0 Å². The summed E-state index contributed by atoms with van der Waals surface area (Å²) in [6.45, 7) is 8.58. The van der Waals surface area contributed by atoms with E-state index < -0.39 is 0 Å². The molecule has 0 aliphatic heterocycles. The molecule has 1 saturated carbocycles. The third-order valence-corrected chi connectivity index (χ3v) is 6.08. The Morgan fingerprint density at radius 2 is 0.933 bits per heavy atom. The Morgan fingerprint density at radius 3 is 1.20 bits per heavy atom. The van der Waals surface area contributed by atoms with Crippen molar-refractivity contribution < 1.29 is 9.59 Å². The van der Waals surface area contributed by atoms with Gasteiger partial charge < -0.3 is 10.6 Å². The van der Waals surface area contributed by atoms with Crippen molar-refractivity contribution in [2.24, 2.45) is 0 Å². The van der Waals surface area contributed by atoms with Crippen LogP contribution in [0.25, 0.3) is 0 Å². The van der Waals surface area contributed by atoms with Crippen LogP contribution < -0.4 is 10.6 Å². The van der Waals surface area contributed by atoms with Crippen molar-refractivity contribution in [3.8, 4) is 0 Å². The molecule has 1 aliphatic rings. The minimum absolute atomic E-state index is 0.0111. The topological polar surface area (TPSA) is 58.2 Å². The largest absolute Gasteiger partial charge is 0.349 e. The van der Waals surface area contributed by atoms with Crippen LogP contribution in [0.15, 0.2) is 48.5 Å². The predicted octanol–water partition coefficient (Wildman–Crippen LogP) is 5.40. The van der Waals surface area contributed by atoms with Gasteiger partial charge in [0, 0.05) is 23.2 Å². The van der Waals surface area contributed by atoms with E-state index in [1.54, 1.807) is 0 Å². The number of amides is 2. The number of carbonyl (C=O) groups excluding carboxylic acids is 2. The number of rotatable bonds is 6. The Morgan fingerprint density at radius 1 is 0.633 bits per heavy atom. The van der Waals surface area contributed by atoms with Crippen LogP contribution in [0.4, 0.5) is 0 Å². The first-order chi connectivity index (χ1) is 14.3. The first-order valence-corrected chi connectivity index (χ1v) is 11.1. The van der Waals surface area contributed by atoms with Crippen LogP contribution in [0.1, 0.15) is 97.1 Å². The Labute approximate surface area is 180 Å². The fourth-order valence-electron chi connectivity index (χ4n) is 3.96. The maximum atomic E-state index is 12.5. The standard InChI is InChI=1S/C26H34N2O2/c1-17(2)19-5-9-21(10-6-19)25(29)27-23-13-15-24(16-14-23)28-26(30)22-11-7-20(8-12-22)18(3)4/h5-12,17-18,23-24H,13-16H2,1-4H3,(H,27,29)(H,28,30). The van der Waals surface area contributed by atoms with Gasteiger partial charge in [0.05, 0.1) is 0 Å². The minimum Gasteiger partial charge on any atom is -0.349 e. The number of benzene rings is 2. The number of hydrogen-bond donors (Lipinski definition) is 2. The van der Waals surface area contributed by atoms with Gasteiger partial charge in [-0.05, 0) is 72.9 Å². The molecule has 4 nitrogen and oxygen atoms in total. The van der Waals surface area contributed by atoms with Gasteiger partial charge in [-0.2, -0.15) is 0 Å². The van der Waals surface area contributed by atoms with Crippen LogP contribution in [0.3, 0.4) is 0 Å². The molecular formula is C26H34N2O2. The van der Waals surface area contributed by atoms with Crippen molar-refractivity contribution in [3.63, 3.8) is 0 Å². The van der Waals surface area contributed by atoms with E-state index >= 15 is 0 Å². The summed E-state index contributed by atoms with van der Waals surface area (Å²) in [5.74, 6) is 0.896. The molecule has 2 aromatic rings. The van der Waals surface area contributed by atoms with E-state index in [1.807, 2.05) is 48.5 Å². The molecule has 0 unspecified atom stereocenters. The lowest BCUT2D eigenvalue weighted by atomic mass is 9.90. The highest BCUT2D eigenvalue weighted by Gasteiger charge is 2.24. The second kappa shape index (κ2) is 9.92. The van der Waals surface area contributed by atoms with Crippen LogP contribution >= 0.6 is 0 Å². The molecule has 30 heavy (non-hydrogen) atoms. The SMILES string of the molecule is CC(C)c1ccc(C(=O)NC2CCC(NC(=O)c3ccc(C(C)C)cc3)CC2)cc1. The molecule has 2 aromatic carbocycles. The molecule has 0 aromatic heterocycles. The molecule has 2 amide bonds. The van der Waals surface area contributed by atoms with E-state index in [4.69, 9.17) is 0 Å². The van der Waals surface area contributed by atoms with E-state index in [2.05, 4.69) is 38.3 Å². The maximum absolute atomic E-state index is 12.5. The summed E-state index contributed by atoms with van der Waals surface area (Å²) in [6.07, 6.45) is 3.53. The van der Waals surface area contributed by atoms with Gasteiger partial charge in [-0.3, -0.25) is 9.59 Å². The molecular weight excluding hydrogens is 372 g/mol. The zero-order chi connectivity index (χ0) is 21.7. The van der Waals surface area contributed by atoms with Crippen molar-refractivity contribution in [1.29, 1.82) is 0 Å². The molecule has 160 valence electrons. The van der Waals surface area contributed by atoms with Crippen LogP contribution in [0.5, 0.6) is 0 Å². The Hall–Kier alpha value is -2.62. The van der Waals surface area contributed by atoms with Crippen molar-refractivity contribution in [2.45, 2.75) is 77.3 Å². The number of carbonyl (C=O) groups is 2. The monoisotopic (exact) mass is 406 g/mol. The van der Waals surface area contributed by atoms with Crippen LogP contribution in [0, 0.1) is 0 Å². The highest BCUT2D eigenvalue weighted by Crippen LogP contribution is 2.21. The van der Waals surface area contributed by atoms with E-state index in [-0.39, 0.29) is 23.9 Å². The van der Waals surface area contributed by atoms with Crippen LogP contribution in [-0.2, 0) is 0 Å². The Balaban J connectivity index is 1.46. The molecule has 1 fully saturated rings. The molecule has 0 atom stereocenters. The van der Waals surface area contributed by atoms with Gasteiger partial charge in [-0.1, -0.05) is 52.0 Å². The quantitative estimate of drug-likeness (QED) is 0.674. The Bertz CT molecular complexity index is 772. The lowest BCUT2D eigenvalue weighted by Gasteiger charge is -2.29. The lowest BCUT2D eigenvalue weighted by Crippen LogP contribution is -2.43. The third kappa shape index (κ3) is 5.71. The zero-order valence-electron chi connectivity index (χ0n) is 18.6. The lowest BCUT2D eigenvalue weighted by molar-refractivity contribution is 0.0892. The van der Waals surface area contributed by atoms with Crippen molar-refractivity contribution >= 4 is 11.8 Å². The predicted molar refractivity (Wildman–Crippen MR) is 122 cm³/mol. The van der Waals surface area contributed by atoms with Gasteiger partial charge in [0.25, 0.3) is 11.8 Å². The summed E-state index contributed by atoms with van der Waals surface area (Å²) in [5.41, 5.74) is 3.89. The first-order valence-electron chi connectivity index (χ1n) is 11.1. The summed E-state index contributed by atoms with van der Waals surface area (Å²) < 4.78 is 0. The fourth-order valence-corrected chi connectivity index (χ4v) is 3.96. The molecule has 0 saturated heterocycles. The average Bonchev–Trinajstić information content (AvgIpc) is 2.75. The number of nitrogens with one attached hydrogen (secondary N) is 2. The van der Waals surface area contributed by atoms with Gasteiger partial charge in [0.1, 0.15) is 0 Å². The second-order valence-electron chi connectivity index (χ2n) is 9.05. The molecule has 2 N–H and O–H groups in total. The summed E-state index contributed by atoms with van der Waals surface area (Å²) in [7, 11) is 0. The van der Waals surface area contributed by atoms with Gasteiger partial charge >= 0.3 is 0 Å². The average molecular weight is 407 g/mol. The van der Waals surface area contributed by atoms with E-state index in [0.29, 0.717) is 23.0 Å². The number of hydrogen-bond acceptors (Lipinski definition) is 2. The molecule has 0 radical (unpaired) electrons. The molecule has 1 aliphatic carbocycles.